The molecule has 0 radical (unpaired) electrons. The minimum atomic E-state index is -4.03. The van der Waals surface area contributed by atoms with Crippen LogP contribution in [0.2, 0.25) is 0 Å². The average molecular weight is 607 g/mol. The summed E-state index contributed by atoms with van der Waals surface area (Å²) in [5.74, 6) is 0.0575. The van der Waals surface area contributed by atoms with E-state index in [2.05, 4.69) is 9.71 Å². The molecule has 0 unspecified atom stereocenters. The van der Waals surface area contributed by atoms with Crippen LogP contribution in [0.4, 0.5) is 10.5 Å². The highest BCUT2D eigenvalue weighted by atomic mass is 32.2. The molecule has 11 nitrogen and oxygen atoms in total. The molecule has 2 N–H and O–H groups in total. The Hall–Kier alpha value is -4.55. The summed E-state index contributed by atoms with van der Waals surface area (Å²) in [6.07, 6.45) is 3.62. The normalized spacial score (nSPS) is 11.8. The van der Waals surface area contributed by atoms with Crippen LogP contribution in [0.3, 0.4) is 0 Å². The van der Waals surface area contributed by atoms with E-state index in [9.17, 15) is 28.4 Å². The lowest BCUT2D eigenvalue weighted by atomic mass is 10.0. The number of hydrogen-bond donors (Lipinski definition) is 2. The fourth-order valence-electron chi connectivity index (χ4n) is 4.52. The van der Waals surface area contributed by atoms with Crippen molar-refractivity contribution in [2.75, 3.05) is 19.6 Å². The zero-order valence-electron chi connectivity index (χ0n) is 24.2. The Morgan fingerprint density at radius 2 is 1.79 bits per heavy atom. The van der Waals surface area contributed by atoms with Gasteiger partial charge in [-0.25, -0.2) is 17.9 Å². The van der Waals surface area contributed by atoms with E-state index in [1.54, 1.807) is 69.4 Å². The molecule has 4 aromatic rings. The number of nitrogens with zero attached hydrogens (tertiary/aromatic N) is 3. The quantitative estimate of drug-likeness (QED) is 0.164. The number of phenols is 1. The number of ether oxygens (including phenoxy) is 1. The van der Waals surface area contributed by atoms with Crippen molar-refractivity contribution in [3.63, 3.8) is 0 Å². The van der Waals surface area contributed by atoms with Gasteiger partial charge in [-0.15, -0.1) is 0 Å². The third kappa shape index (κ3) is 8.49. The van der Waals surface area contributed by atoms with Crippen molar-refractivity contribution in [1.82, 2.24) is 14.6 Å². The molecule has 0 aliphatic carbocycles. The van der Waals surface area contributed by atoms with Gasteiger partial charge in [0.2, 0.25) is 10.0 Å². The van der Waals surface area contributed by atoms with E-state index in [0.29, 0.717) is 34.7 Å². The first-order chi connectivity index (χ1) is 20.3. The summed E-state index contributed by atoms with van der Waals surface area (Å²) in [7, 11) is -4.03. The molecule has 0 spiro atoms. The van der Waals surface area contributed by atoms with Crippen LogP contribution in [0, 0.1) is 10.1 Å². The summed E-state index contributed by atoms with van der Waals surface area (Å²) >= 11 is 0. The van der Waals surface area contributed by atoms with Gasteiger partial charge in [0.15, 0.2) is 0 Å². The first-order valence-electron chi connectivity index (χ1n) is 13.7. The van der Waals surface area contributed by atoms with Gasteiger partial charge in [-0.1, -0.05) is 24.3 Å². The van der Waals surface area contributed by atoms with E-state index < -0.39 is 26.6 Å². The number of aryl methyl sites for hydroxylation is 1. The number of pyridine rings is 1. The predicted molar refractivity (Wildman–Crippen MR) is 163 cm³/mol. The second-order valence-electron chi connectivity index (χ2n) is 11.0. The van der Waals surface area contributed by atoms with Crippen molar-refractivity contribution in [2.45, 2.75) is 44.1 Å². The molecular formula is C31H34N4O7S. The van der Waals surface area contributed by atoms with Gasteiger partial charge in [0.25, 0.3) is 5.69 Å². The van der Waals surface area contributed by atoms with E-state index in [0.717, 1.165) is 5.56 Å². The van der Waals surface area contributed by atoms with Gasteiger partial charge >= 0.3 is 6.09 Å². The maximum Gasteiger partial charge on any atom is 0.410 e. The molecule has 0 saturated carbocycles. The summed E-state index contributed by atoms with van der Waals surface area (Å²) < 4.78 is 35.3. The molecule has 0 fully saturated rings. The van der Waals surface area contributed by atoms with Gasteiger partial charge < -0.3 is 14.7 Å². The fourth-order valence-corrected chi connectivity index (χ4v) is 5.79. The summed E-state index contributed by atoms with van der Waals surface area (Å²) in [5.41, 5.74) is 1.38. The van der Waals surface area contributed by atoms with E-state index in [4.69, 9.17) is 4.74 Å². The molecule has 0 saturated heterocycles. The first kappa shape index (κ1) is 31.4. The largest absolute Gasteiger partial charge is 0.508 e. The number of amides is 1. The zero-order chi connectivity index (χ0) is 31.2. The van der Waals surface area contributed by atoms with Crippen molar-refractivity contribution in [3.05, 3.63) is 94.8 Å². The van der Waals surface area contributed by atoms with E-state index in [1.165, 1.54) is 29.3 Å². The molecule has 1 heterocycles. The summed E-state index contributed by atoms with van der Waals surface area (Å²) in [6.45, 7) is 5.53. The Balaban J connectivity index is 1.50. The summed E-state index contributed by atoms with van der Waals surface area (Å²) in [6, 6.07) is 17.7. The Morgan fingerprint density at radius 3 is 2.47 bits per heavy atom. The smallest absolute Gasteiger partial charge is 0.410 e. The van der Waals surface area contributed by atoms with Gasteiger partial charge in [0, 0.05) is 54.9 Å². The van der Waals surface area contributed by atoms with Crippen LogP contribution in [0.1, 0.15) is 32.8 Å². The van der Waals surface area contributed by atoms with Crippen molar-refractivity contribution in [1.29, 1.82) is 0 Å². The Labute approximate surface area is 250 Å². The van der Waals surface area contributed by atoms with E-state index >= 15 is 0 Å². The van der Waals surface area contributed by atoms with Gasteiger partial charge in [0.05, 0.1) is 9.82 Å². The molecule has 4 rings (SSSR count). The number of non-ortho nitro benzene ring substituents is 1. The van der Waals surface area contributed by atoms with Crippen LogP contribution in [0.15, 0.2) is 84.0 Å². The van der Waals surface area contributed by atoms with Crippen LogP contribution >= 0.6 is 0 Å². The molecule has 0 atom stereocenters. The van der Waals surface area contributed by atoms with Crippen molar-refractivity contribution >= 4 is 32.6 Å². The second-order valence-corrected chi connectivity index (χ2v) is 12.7. The number of nitro benzene ring substituents is 1. The second kappa shape index (κ2) is 13.2. The molecule has 1 aromatic heterocycles. The molecule has 1 amide bonds. The lowest BCUT2D eigenvalue weighted by molar-refractivity contribution is -0.384. The van der Waals surface area contributed by atoms with Crippen LogP contribution in [-0.2, 0) is 21.2 Å². The number of carbonyl (C=O) groups excluding carboxylic acids is 1. The highest BCUT2D eigenvalue weighted by Gasteiger charge is 2.24. The molecule has 0 bridgehead atoms. The number of fused-ring (bicyclic) bond motifs is 1. The molecule has 43 heavy (non-hydrogen) atoms. The van der Waals surface area contributed by atoms with Crippen molar-refractivity contribution in [3.8, 4) is 16.9 Å². The van der Waals surface area contributed by atoms with Gasteiger partial charge in [-0.05, 0) is 80.6 Å². The average Bonchev–Trinajstić information content (AvgIpc) is 2.95. The Kier molecular flexibility index (Phi) is 9.62. The molecular weight excluding hydrogens is 572 g/mol. The molecule has 12 heteroatoms. The fraction of sp³-hybridized carbons (Fsp3) is 0.290. The standard InChI is InChI=1S/C31H34N4O7S/c1-31(2,3)42-30(37)34(16-5-6-22-9-11-26(12-10-22)35(38)39)17-15-33-43(40,41)29-20-24(23-7-4-8-27(36)19-23)18-25-21-32-14-13-28(25)29/h4,7-14,18-21,33,36H,5-6,15-17H2,1-3H3. The maximum absolute atomic E-state index is 13.6. The number of phenolic OH excluding ortho intramolecular Hbond substituents is 1. The van der Waals surface area contributed by atoms with Gasteiger partial charge in [-0.3, -0.25) is 15.1 Å². The van der Waals surface area contributed by atoms with E-state index in [1.807, 2.05) is 6.07 Å². The summed E-state index contributed by atoms with van der Waals surface area (Å²) in [4.78, 5) is 29.1. The van der Waals surface area contributed by atoms with Crippen LogP contribution in [0.5, 0.6) is 5.75 Å². The monoisotopic (exact) mass is 606 g/mol. The number of benzene rings is 3. The van der Waals surface area contributed by atoms with Gasteiger partial charge in [-0.2, -0.15) is 0 Å². The van der Waals surface area contributed by atoms with Crippen molar-refractivity contribution < 1.29 is 28.0 Å². The molecule has 3 aromatic carbocycles. The number of hydrogen-bond acceptors (Lipinski definition) is 8. The number of aromatic nitrogens is 1. The van der Waals surface area contributed by atoms with Gasteiger partial charge in [0.1, 0.15) is 11.4 Å². The maximum atomic E-state index is 13.6. The lowest BCUT2D eigenvalue weighted by Crippen LogP contribution is -2.42. The number of nitro groups is 1. The number of nitrogens with one attached hydrogen (secondary N) is 1. The number of sulfonamides is 1. The SMILES string of the molecule is CC(C)(C)OC(=O)N(CCCc1ccc([N+](=O)[O-])cc1)CCNS(=O)(=O)c1cc(-c2cccc(O)c2)cc2cnccc12. The van der Waals surface area contributed by atoms with Crippen molar-refractivity contribution in [2.24, 2.45) is 0 Å². The number of aromatic hydroxyl groups is 1. The molecule has 0 aliphatic rings. The predicted octanol–water partition coefficient (Wildman–Crippen LogP) is 5.66. The Morgan fingerprint density at radius 1 is 1.05 bits per heavy atom. The third-order valence-corrected chi connectivity index (χ3v) is 8.05. The third-order valence-electron chi connectivity index (χ3n) is 6.55. The number of rotatable bonds is 11. The van der Waals surface area contributed by atoms with Crippen LogP contribution < -0.4 is 4.72 Å². The summed E-state index contributed by atoms with van der Waals surface area (Å²) in [5, 5.41) is 22.0. The zero-order valence-corrected chi connectivity index (χ0v) is 25.0. The first-order valence-corrected chi connectivity index (χ1v) is 15.2. The lowest BCUT2D eigenvalue weighted by Gasteiger charge is -2.27. The highest BCUT2D eigenvalue weighted by molar-refractivity contribution is 7.89. The topological polar surface area (TPSA) is 152 Å². The molecule has 226 valence electrons. The minimum Gasteiger partial charge on any atom is -0.508 e. The van der Waals surface area contributed by atoms with E-state index in [-0.39, 0.29) is 36.0 Å². The number of carbonyl (C=O) groups is 1. The minimum absolute atomic E-state index is 0.00269. The van der Waals surface area contributed by atoms with Crippen LogP contribution in [-0.4, -0.2) is 59.7 Å². The highest BCUT2D eigenvalue weighted by Crippen LogP contribution is 2.31. The Bertz CT molecular complexity index is 1720. The van der Waals surface area contributed by atoms with Crippen LogP contribution in [0.25, 0.3) is 21.9 Å². The molecule has 0 aliphatic heterocycles.